The molecule has 0 aromatic heterocycles. The summed E-state index contributed by atoms with van der Waals surface area (Å²) in [6, 6.07) is 20.8. The first-order chi connectivity index (χ1) is 33.9. The number of fused-ring (bicyclic) bond motifs is 4. The molecule has 17 heteroatoms. The fourth-order valence-electron chi connectivity index (χ4n) is 10.4. The third-order valence-corrected chi connectivity index (χ3v) is 14.4. The fourth-order valence-corrected chi connectivity index (χ4v) is 10.4. The molecule has 0 saturated carbocycles. The molecule has 71 heavy (non-hydrogen) atoms. The van der Waals surface area contributed by atoms with Crippen LogP contribution in [0, 0.1) is 0 Å². The molecule has 360 valence electrons. The van der Waals surface area contributed by atoms with Crippen molar-refractivity contribution in [1.29, 1.82) is 0 Å². The summed E-state index contributed by atoms with van der Waals surface area (Å²) in [6.07, 6.45) is 0.710. The minimum atomic E-state index is -0.792. The average Bonchev–Trinajstić information content (AvgIpc) is 4.11. The van der Waals surface area contributed by atoms with Crippen molar-refractivity contribution in [3.63, 3.8) is 0 Å². The van der Waals surface area contributed by atoms with Gasteiger partial charge in [-0.3, -0.25) is 48.2 Å². The van der Waals surface area contributed by atoms with E-state index < -0.39 is 41.5 Å². The highest BCUT2D eigenvalue weighted by atomic mass is 16.3. The van der Waals surface area contributed by atoms with E-state index in [1.807, 2.05) is 48.5 Å². The van der Waals surface area contributed by atoms with Gasteiger partial charge < -0.3 is 35.3 Å². The molecule has 6 aliphatic heterocycles. The molecule has 17 nitrogen and oxygen atoms in total. The molecule has 3 N–H and O–H groups in total. The molecule has 0 radical (unpaired) electrons. The molecule has 4 aromatic rings. The van der Waals surface area contributed by atoms with Crippen molar-refractivity contribution in [2.24, 2.45) is 0 Å². The minimum Gasteiger partial charge on any atom is -0.389 e. The highest BCUT2D eigenvalue weighted by Gasteiger charge is 2.40. The predicted molar refractivity (Wildman–Crippen MR) is 262 cm³/mol. The number of hydrogen-bond acceptors (Lipinski definition) is 9. The number of benzene rings is 4. The van der Waals surface area contributed by atoms with E-state index >= 15 is 0 Å². The second kappa shape index (κ2) is 17.5. The smallest absolute Gasteiger partial charge is 0.271 e. The van der Waals surface area contributed by atoms with Crippen LogP contribution >= 0.6 is 0 Å². The first-order valence-corrected chi connectivity index (χ1v) is 23.3. The Morgan fingerprint density at radius 3 is 1.52 bits per heavy atom. The van der Waals surface area contributed by atoms with Gasteiger partial charge in [0.2, 0.25) is 11.8 Å². The van der Waals surface area contributed by atoms with Crippen molar-refractivity contribution < 1.29 is 43.5 Å². The molecule has 0 spiro atoms. The summed E-state index contributed by atoms with van der Waals surface area (Å²) in [5.74, 6) is -3.87. The summed E-state index contributed by atoms with van der Waals surface area (Å²) in [4.78, 5) is 115. The van der Waals surface area contributed by atoms with Crippen molar-refractivity contribution in [2.45, 2.75) is 51.8 Å². The number of aliphatic hydroxyl groups is 1. The summed E-state index contributed by atoms with van der Waals surface area (Å²) in [7, 11) is 0. The summed E-state index contributed by atoms with van der Waals surface area (Å²) in [5, 5.41) is 14.6. The number of nitrogens with one attached hydrogen (secondary N) is 2. The van der Waals surface area contributed by atoms with E-state index in [0.717, 1.165) is 55.9 Å². The highest BCUT2D eigenvalue weighted by molar-refractivity contribution is 6.10. The molecule has 2 fully saturated rings. The second-order valence-corrected chi connectivity index (χ2v) is 18.8. The maximum absolute atomic E-state index is 14.2. The number of nitrogens with zero attached hydrogens (tertiary/aromatic N) is 6. The second-order valence-electron chi connectivity index (χ2n) is 18.8. The quantitative estimate of drug-likeness (QED) is 0.187. The predicted octanol–water partition coefficient (Wildman–Crippen LogP) is 3.87. The topological polar surface area (TPSA) is 200 Å². The SMILES string of the molecule is C=C(NC(=O)C(=C)N1Cc2c(cc(C3CN(C(=O)C(=C)NC(=O)C(=C)N4Cc5c(cccc5-c5ccc6c(c5)CCN6C(C)=O)C4=O)C3)cc2-c2ccc3c(c2)CCN3C(C)=O)C1=O)C(=O)N1CC(O)C1. The lowest BCUT2D eigenvalue weighted by Gasteiger charge is -2.40. The molecule has 6 aliphatic rings. The van der Waals surface area contributed by atoms with E-state index in [9.17, 15) is 43.5 Å². The lowest BCUT2D eigenvalue weighted by molar-refractivity contribution is -0.138. The highest BCUT2D eigenvalue weighted by Crippen LogP contribution is 2.42. The summed E-state index contributed by atoms with van der Waals surface area (Å²) in [6.45, 7) is 20.3. The summed E-state index contributed by atoms with van der Waals surface area (Å²) >= 11 is 0. The first-order valence-electron chi connectivity index (χ1n) is 23.3. The van der Waals surface area contributed by atoms with E-state index in [0.29, 0.717) is 42.6 Å². The molecular formula is C54H50N8O9. The average molecular weight is 955 g/mol. The van der Waals surface area contributed by atoms with Crippen LogP contribution in [0.25, 0.3) is 22.3 Å². The number of carbonyl (C=O) groups excluding carboxylic acids is 8. The van der Waals surface area contributed by atoms with Crippen molar-refractivity contribution in [3.8, 4) is 22.3 Å². The van der Waals surface area contributed by atoms with Crippen LogP contribution in [0.3, 0.4) is 0 Å². The van der Waals surface area contributed by atoms with Gasteiger partial charge in [-0.25, -0.2) is 0 Å². The maximum Gasteiger partial charge on any atom is 0.271 e. The molecular weight excluding hydrogens is 905 g/mol. The van der Waals surface area contributed by atoms with E-state index in [1.54, 1.807) is 28.0 Å². The molecule has 0 bridgehead atoms. The Labute approximate surface area is 409 Å². The van der Waals surface area contributed by atoms with Gasteiger partial charge in [-0.15, -0.1) is 0 Å². The van der Waals surface area contributed by atoms with Gasteiger partial charge in [0.25, 0.3) is 35.4 Å². The number of likely N-dealkylation sites (tertiary alicyclic amines) is 2. The minimum absolute atomic E-state index is 0.00142. The Balaban J connectivity index is 0.821. The summed E-state index contributed by atoms with van der Waals surface area (Å²) < 4.78 is 0. The van der Waals surface area contributed by atoms with Crippen molar-refractivity contribution in [2.75, 3.05) is 49.1 Å². The van der Waals surface area contributed by atoms with Crippen molar-refractivity contribution in [1.82, 2.24) is 30.2 Å². The Bertz CT molecular complexity index is 3180. The molecule has 6 heterocycles. The van der Waals surface area contributed by atoms with Crippen LogP contribution in [0.2, 0.25) is 0 Å². The normalized spacial score (nSPS) is 16.7. The molecule has 4 aromatic carbocycles. The van der Waals surface area contributed by atoms with Gasteiger partial charge in [-0.05, 0) is 99.3 Å². The number of hydrogen-bond donors (Lipinski definition) is 3. The molecule has 8 amide bonds. The molecule has 0 atom stereocenters. The lowest BCUT2D eigenvalue weighted by atomic mass is 9.85. The first kappa shape index (κ1) is 46.3. The largest absolute Gasteiger partial charge is 0.389 e. The number of amides is 8. The summed E-state index contributed by atoms with van der Waals surface area (Å²) in [5.41, 5.74) is 8.99. The number of anilines is 2. The third kappa shape index (κ3) is 7.97. The Morgan fingerprint density at radius 2 is 1.01 bits per heavy atom. The van der Waals surface area contributed by atoms with Gasteiger partial charge in [0.1, 0.15) is 11.4 Å². The van der Waals surface area contributed by atoms with Gasteiger partial charge in [-0.2, -0.15) is 0 Å². The van der Waals surface area contributed by atoms with Crippen LogP contribution < -0.4 is 20.4 Å². The van der Waals surface area contributed by atoms with Gasteiger partial charge in [0, 0.05) is 81.5 Å². The van der Waals surface area contributed by atoms with Crippen LogP contribution in [-0.4, -0.2) is 117 Å². The van der Waals surface area contributed by atoms with Gasteiger partial charge >= 0.3 is 0 Å². The van der Waals surface area contributed by atoms with E-state index in [2.05, 4.69) is 36.9 Å². The standard InChI is InChI=1S/C54H50N8O9/c1-28(55-49(66)30(3)61-26-45-41(8-7-9-42(45)53(61)70)34-10-12-47-36(18-34)14-16-59(47)32(5)63)51(68)57-22-39(23-57)38-20-43(35-11-13-48-37(19-35)15-17-60(48)33(6)64)46-27-62(54(71)44(46)21-38)31(4)50(67)56-29(2)52(69)58-24-40(65)25-58/h7-13,18-21,39-40,65H,1-4,14-17,22-27H2,5-6H3,(H,55,66)(H,56,67). The number of β-amino-alcohol motifs (C(OH)–C–C–N with tert-alkyl or cyclic N) is 1. The molecule has 0 unspecified atom stereocenters. The Hall–Kier alpha value is -8.44. The van der Waals surface area contributed by atoms with Crippen LogP contribution in [-0.2, 0) is 54.7 Å². The van der Waals surface area contributed by atoms with Crippen LogP contribution in [0.4, 0.5) is 11.4 Å². The maximum atomic E-state index is 14.2. The number of rotatable bonds is 11. The van der Waals surface area contributed by atoms with Gasteiger partial charge in [0.05, 0.1) is 30.6 Å². The van der Waals surface area contributed by atoms with E-state index in [1.165, 1.54) is 33.4 Å². The zero-order chi connectivity index (χ0) is 50.3. The van der Waals surface area contributed by atoms with E-state index in [4.69, 9.17) is 0 Å². The van der Waals surface area contributed by atoms with Gasteiger partial charge in [-0.1, -0.05) is 56.6 Å². The molecule has 0 aliphatic carbocycles. The molecule has 10 rings (SSSR count). The van der Waals surface area contributed by atoms with Crippen molar-refractivity contribution in [3.05, 3.63) is 155 Å². The van der Waals surface area contributed by atoms with Gasteiger partial charge in [0.15, 0.2) is 0 Å². The zero-order valence-corrected chi connectivity index (χ0v) is 39.3. The van der Waals surface area contributed by atoms with Crippen LogP contribution in [0.5, 0.6) is 0 Å². The lowest BCUT2D eigenvalue weighted by Crippen LogP contribution is -2.55. The Kier molecular flexibility index (Phi) is 11.4. The van der Waals surface area contributed by atoms with Crippen molar-refractivity contribution >= 4 is 58.6 Å². The third-order valence-electron chi connectivity index (χ3n) is 14.4. The van der Waals surface area contributed by atoms with Crippen LogP contribution in [0.1, 0.15) is 68.3 Å². The Morgan fingerprint density at radius 1 is 0.563 bits per heavy atom. The number of aliphatic hydroxyl groups excluding tert-OH is 1. The zero-order valence-electron chi connectivity index (χ0n) is 39.3. The van der Waals surface area contributed by atoms with E-state index in [-0.39, 0.29) is 79.8 Å². The van der Waals surface area contributed by atoms with Crippen LogP contribution in [0.15, 0.2) is 116 Å². The number of carbonyl (C=O) groups is 8. The molecule has 2 saturated heterocycles. The fraction of sp³-hybridized carbons (Fsp3) is 0.259. The monoisotopic (exact) mass is 954 g/mol.